The molecular formula is C24H24ClFNO8S-. The molecule has 0 saturated carbocycles. The summed E-state index contributed by atoms with van der Waals surface area (Å²) in [5.41, 5.74) is -0.272. The van der Waals surface area contributed by atoms with Crippen molar-refractivity contribution < 1.29 is 36.2 Å². The van der Waals surface area contributed by atoms with E-state index in [2.05, 4.69) is 4.18 Å². The normalized spacial score (nSPS) is 12.7. The fraction of sp³-hybridized carbons (Fsp3) is 0.333. The van der Waals surface area contributed by atoms with Gasteiger partial charge < -0.3 is 23.1 Å². The number of methoxy groups -OCH3 is 1. The van der Waals surface area contributed by atoms with Gasteiger partial charge in [-0.05, 0) is 35.6 Å². The largest absolute Gasteiger partial charge is 0.716 e. The van der Waals surface area contributed by atoms with Crippen molar-refractivity contribution in [3.05, 3.63) is 68.2 Å². The van der Waals surface area contributed by atoms with Gasteiger partial charge in [0.15, 0.2) is 5.75 Å². The van der Waals surface area contributed by atoms with Gasteiger partial charge in [0, 0.05) is 30.1 Å². The molecule has 0 aliphatic carbocycles. The number of carboxylic acids is 1. The van der Waals surface area contributed by atoms with Gasteiger partial charge in [-0.3, -0.25) is 4.79 Å². The summed E-state index contributed by atoms with van der Waals surface area (Å²) in [5.74, 6) is -2.61. The number of pyridine rings is 1. The van der Waals surface area contributed by atoms with Crippen LogP contribution in [-0.2, 0) is 16.8 Å². The Labute approximate surface area is 212 Å². The van der Waals surface area contributed by atoms with Crippen LogP contribution in [0.15, 0.2) is 35.3 Å². The van der Waals surface area contributed by atoms with Crippen LogP contribution >= 0.6 is 11.6 Å². The summed E-state index contributed by atoms with van der Waals surface area (Å²) in [4.78, 5) is 24.9. The SMILES string of the molecule is CC[C@H](C(C)C)n1cc(C(=O)O)c(=O)c2cc(Cc3ccc(OS(=O)(=O)[O-])c(Cl)c3F)c(OC)cc21. The third-order valence-electron chi connectivity index (χ3n) is 5.91. The summed E-state index contributed by atoms with van der Waals surface area (Å²) in [7, 11) is -3.76. The molecule has 12 heteroatoms. The molecule has 36 heavy (non-hydrogen) atoms. The van der Waals surface area contributed by atoms with Crippen LogP contribution in [-0.4, -0.2) is 35.7 Å². The molecule has 0 amide bonds. The second-order valence-corrected chi connectivity index (χ2v) is 9.87. The fourth-order valence-electron chi connectivity index (χ4n) is 4.25. The number of hydrogen-bond acceptors (Lipinski definition) is 7. The van der Waals surface area contributed by atoms with Gasteiger partial charge in [-0.1, -0.05) is 38.4 Å². The van der Waals surface area contributed by atoms with E-state index < -0.39 is 43.9 Å². The molecule has 0 aliphatic heterocycles. The maximum atomic E-state index is 14.9. The number of aromatic carboxylic acids is 1. The lowest BCUT2D eigenvalue weighted by molar-refractivity contribution is 0.0694. The Hall–Kier alpha value is -3.15. The second-order valence-electron chi connectivity index (χ2n) is 8.50. The number of aromatic nitrogens is 1. The zero-order chi connectivity index (χ0) is 26.9. The summed E-state index contributed by atoms with van der Waals surface area (Å²) in [5, 5.41) is 9.06. The van der Waals surface area contributed by atoms with Crippen molar-refractivity contribution in [3.63, 3.8) is 0 Å². The minimum Gasteiger partial charge on any atom is -0.716 e. The Morgan fingerprint density at radius 3 is 2.42 bits per heavy atom. The van der Waals surface area contributed by atoms with Crippen molar-refractivity contribution in [2.45, 2.75) is 39.7 Å². The lowest BCUT2D eigenvalue weighted by Gasteiger charge is -2.26. The van der Waals surface area contributed by atoms with E-state index >= 15 is 0 Å². The average molecular weight is 541 g/mol. The molecule has 9 nitrogen and oxygen atoms in total. The Kier molecular flexibility index (Phi) is 7.97. The molecule has 194 valence electrons. The van der Waals surface area contributed by atoms with Crippen molar-refractivity contribution in [3.8, 4) is 11.5 Å². The first-order valence-electron chi connectivity index (χ1n) is 10.9. The molecule has 0 unspecified atom stereocenters. The van der Waals surface area contributed by atoms with Gasteiger partial charge in [0.05, 0.1) is 12.6 Å². The van der Waals surface area contributed by atoms with Crippen molar-refractivity contribution in [2.75, 3.05) is 7.11 Å². The molecule has 0 spiro atoms. The van der Waals surface area contributed by atoms with Gasteiger partial charge in [-0.15, -0.1) is 0 Å². The number of ether oxygens (including phenoxy) is 1. The second kappa shape index (κ2) is 10.5. The maximum Gasteiger partial charge on any atom is 0.341 e. The maximum absolute atomic E-state index is 14.9. The van der Waals surface area contributed by atoms with E-state index in [0.717, 1.165) is 6.07 Å². The highest BCUT2D eigenvalue weighted by molar-refractivity contribution is 7.81. The zero-order valence-electron chi connectivity index (χ0n) is 19.9. The van der Waals surface area contributed by atoms with Gasteiger partial charge in [0.1, 0.15) is 22.2 Å². The fourth-order valence-corrected chi connectivity index (χ4v) is 4.88. The van der Waals surface area contributed by atoms with Gasteiger partial charge in [0.2, 0.25) is 5.43 Å². The van der Waals surface area contributed by atoms with E-state index in [1.54, 1.807) is 10.6 Å². The Bertz CT molecular complexity index is 1500. The number of hydrogen-bond donors (Lipinski definition) is 1. The summed E-state index contributed by atoms with van der Waals surface area (Å²) >= 11 is 5.87. The van der Waals surface area contributed by atoms with E-state index in [0.29, 0.717) is 23.3 Å². The predicted octanol–water partition coefficient (Wildman–Crippen LogP) is 4.54. The van der Waals surface area contributed by atoms with Crippen LogP contribution < -0.4 is 14.3 Å². The van der Waals surface area contributed by atoms with Crippen LogP contribution in [0.1, 0.15) is 54.7 Å². The smallest absolute Gasteiger partial charge is 0.341 e. The molecule has 0 aliphatic rings. The molecule has 1 N–H and O–H groups in total. The topological polar surface area (TPSA) is 135 Å². The van der Waals surface area contributed by atoms with Crippen LogP contribution in [0.3, 0.4) is 0 Å². The lowest BCUT2D eigenvalue weighted by Crippen LogP contribution is -2.23. The van der Waals surface area contributed by atoms with Crippen molar-refractivity contribution >= 4 is 38.9 Å². The molecule has 0 saturated heterocycles. The number of rotatable bonds is 9. The molecule has 3 aromatic rings. The molecule has 0 fully saturated rings. The number of carbonyl (C=O) groups is 1. The van der Waals surface area contributed by atoms with Crippen LogP contribution in [0.25, 0.3) is 10.9 Å². The van der Waals surface area contributed by atoms with Gasteiger partial charge >= 0.3 is 5.97 Å². The molecule has 3 rings (SSSR count). The Balaban J connectivity index is 2.24. The number of fused-ring (bicyclic) bond motifs is 1. The van der Waals surface area contributed by atoms with Gasteiger partial charge in [-0.25, -0.2) is 17.6 Å². The van der Waals surface area contributed by atoms with Gasteiger partial charge in [-0.2, -0.15) is 0 Å². The highest BCUT2D eigenvalue weighted by Gasteiger charge is 2.23. The van der Waals surface area contributed by atoms with E-state index in [-0.39, 0.29) is 29.3 Å². The monoisotopic (exact) mass is 540 g/mol. The quantitative estimate of drug-likeness (QED) is 0.309. The van der Waals surface area contributed by atoms with Crippen molar-refractivity contribution in [2.24, 2.45) is 5.92 Å². The number of halogens is 2. The van der Waals surface area contributed by atoms with Crippen molar-refractivity contribution in [1.82, 2.24) is 4.57 Å². The molecule has 0 bridgehead atoms. The number of carboxylic acid groups (broad SMARTS) is 1. The number of benzene rings is 2. The summed E-state index contributed by atoms with van der Waals surface area (Å²) in [6, 6.07) is 5.16. The first-order valence-corrected chi connectivity index (χ1v) is 12.6. The third kappa shape index (κ3) is 5.48. The average Bonchev–Trinajstić information content (AvgIpc) is 2.79. The minimum atomic E-state index is -5.16. The highest BCUT2D eigenvalue weighted by Crippen LogP contribution is 2.35. The first kappa shape index (κ1) is 27.4. The Morgan fingerprint density at radius 2 is 1.89 bits per heavy atom. The molecule has 1 aromatic heterocycles. The molecule has 2 aromatic carbocycles. The molecule has 1 heterocycles. The van der Waals surface area contributed by atoms with E-state index in [1.807, 2.05) is 20.8 Å². The molecule has 1 atom stereocenters. The summed E-state index contributed by atoms with van der Waals surface area (Å²) < 4.78 is 58.9. The van der Waals surface area contributed by atoms with E-state index in [9.17, 15) is 32.1 Å². The van der Waals surface area contributed by atoms with Crippen LogP contribution in [0.5, 0.6) is 11.5 Å². The summed E-state index contributed by atoms with van der Waals surface area (Å²) in [6.07, 6.45) is 1.87. The van der Waals surface area contributed by atoms with Crippen LogP contribution in [0.2, 0.25) is 5.02 Å². The predicted molar refractivity (Wildman–Crippen MR) is 130 cm³/mol. The van der Waals surface area contributed by atoms with E-state index in [1.165, 1.54) is 25.4 Å². The van der Waals surface area contributed by atoms with Crippen LogP contribution in [0, 0.1) is 11.7 Å². The first-order chi connectivity index (χ1) is 16.8. The minimum absolute atomic E-state index is 0.00312. The van der Waals surface area contributed by atoms with Gasteiger partial charge in [0.25, 0.3) is 10.4 Å². The summed E-state index contributed by atoms with van der Waals surface area (Å²) in [6.45, 7) is 5.93. The standard InChI is InChI=1S/C24H25ClFNO8S/c1-5-17(12(2)3)27-11-16(24(29)30)23(28)15-9-14(20(34-4)10-18(15)27)8-13-6-7-19(21(25)22(13)26)35-36(31,32)33/h6-7,9-12,17H,5,8H2,1-4H3,(H,29,30)(H,31,32,33)/p-1/t17-/m1/s1. The lowest BCUT2D eigenvalue weighted by atomic mass is 9.97. The molecule has 0 radical (unpaired) electrons. The van der Waals surface area contributed by atoms with E-state index in [4.69, 9.17) is 16.3 Å². The van der Waals surface area contributed by atoms with Crippen molar-refractivity contribution in [1.29, 1.82) is 0 Å². The van der Waals surface area contributed by atoms with Crippen LogP contribution in [0.4, 0.5) is 4.39 Å². The molecular weight excluding hydrogens is 517 g/mol. The number of nitrogens with zero attached hydrogens (tertiary/aromatic N) is 1. The Morgan fingerprint density at radius 1 is 1.22 bits per heavy atom. The highest BCUT2D eigenvalue weighted by atomic mass is 35.5. The third-order valence-corrected chi connectivity index (χ3v) is 6.65. The zero-order valence-corrected chi connectivity index (χ0v) is 21.4.